The molecule has 0 saturated carbocycles. The van der Waals surface area contributed by atoms with E-state index in [1.807, 2.05) is 0 Å². The van der Waals surface area contributed by atoms with E-state index in [4.69, 9.17) is 0 Å². The molecule has 0 amide bonds. The van der Waals surface area contributed by atoms with Crippen LogP contribution in [0.15, 0.2) is 18.6 Å². The Bertz CT molecular complexity index is 293. The molecule has 88 valence electrons. The number of aromatic nitrogens is 2. The summed E-state index contributed by atoms with van der Waals surface area (Å²) < 4.78 is 0. The van der Waals surface area contributed by atoms with E-state index in [1.165, 1.54) is 38.9 Å². The van der Waals surface area contributed by atoms with Crippen molar-refractivity contribution < 1.29 is 0 Å². The van der Waals surface area contributed by atoms with Gasteiger partial charge in [-0.05, 0) is 25.8 Å². The minimum atomic E-state index is 0.560. The van der Waals surface area contributed by atoms with Crippen molar-refractivity contribution in [2.75, 3.05) is 25.0 Å². The molecule has 0 aromatic carbocycles. The minimum absolute atomic E-state index is 0.560. The van der Waals surface area contributed by atoms with Crippen LogP contribution in [-0.2, 0) is 0 Å². The number of rotatable bonds is 4. The highest BCUT2D eigenvalue weighted by atomic mass is 15.1. The molecule has 0 unspecified atom stereocenters. The topological polar surface area (TPSA) is 41.0 Å². The summed E-state index contributed by atoms with van der Waals surface area (Å²) in [6.07, 6.45) is 8.89. The Morgan fingerprint density at radius 2 is 2.19 bits per heavy atom. The van der Waals surface area contributed by atoms with Crippen molar-refractivity contribution in [3.05, 3.63) is 18.6 Å². The van der Waals surface area contributed by atoms with E-state index >= 15 is 0 Å². The number of piperidine rings is 1. The molecule has 1 saturated heterocycles. The van der Waals surface area contributed by atoms with Crippen LogP contribution in [0.3, 0.4) is 0 Å². The van der Waals surface area contributed by atoms with Crippen LogP contribution in [0.2, 0.25) is 0 Å². The van der Waals surface area contributed by atoms with Gasteiger partial charge in [0.25, 0.3) is 0 Å². The van der Waals surface area contributed by atoms with Crippen molar-refractivity contribution in [1.29, 1.82) is 0 Å². The number of anilines is 1. The molecule has 0 aliphatic carbocycles. The lowest BCUT2D eigenvalue weighted by molar-refractivity contribution is 0.219. The zero-order valence-corrected chi connectivity index (χ0v) is 9.89. The summed E-state index contributed by atoms with van der Waals surface area (Å²) in [5, 5.41) is 3.44. The summed E-state index contributed by atoms with van der Waals surface area (Å²) >= 11 is 0. The van der Waals surface area contributed by atoms with Gasteiger partial charge in [-0.15, -0.1) is 0 Å². The molecule has 1 fully saturated rings. The Morgan fingerprint density at radius 1 is 1.38 bits per heavy atom. The molecule has 0 bridgehead atoms. The normalized spacial score (nSPS) is 18.6. The van der Waals surface area contributed by atoms with Gasteiger partial charge >= 0.3 is 0 Å². The predicted molar refractivity (Wildman–Crippen MR) is 65.4 cm³/mol. The van der Waals surface area contributed by atoms with Gasteiger partial charge in [0.2, 0.25) is 0 Å². The first kappa shape index (κ1) is 11.3. The van der Waals surface area contributed by atoms with Gasteiger partial charge in [0.05, 0.1) is 6.20 Å². The monoisotopic (exact) mass is 220 g/mol. The zero-order chi connectivity index (χ0) is 11.2. The third kappa shape index (κ3) is 3.17. The summed E-state index contributed by atoms with van der Waals surface area (Å²) in [7, 11) is 0. The molecule has 0 radical (unpaired) electrons. The van der Waals surface area contributed by atoms with Crippen LogP contribution < -0.4 is 5.32 Å². The first-order chi connectivity index (χ1) is 7.88. The summed E-state index contributed by atoms with van der Waals surface area (Å²) in [6, 6.07) is 0.560. The maximum absolute atomic E-state index is 4.24. The fourth-order valence-electron chi connectivity index (χ4n) is 2.20. The van der Waals surface area contributed by atoms with Gasteiger partial charge < -0.3 is 10.2 Å². The van der Waals surface area contributed by atoms with E-state index in [0.29, 0.717) is 6.04 Å². The highest BCUT2D eigenvalue weighted by molar-refractivity contribution is 5.31. The Labute approximate surface area is 97.1 Å². The summed E-state index contributed by atoms with van der Waals surface area (Å²) in [4.78, 5) is 10.8. The van der Waals surface area contributed by atoms with E-state index in [9.17, 15) is 0 Å². The van der Waals surface area contributed by atoms with Gasteiger partial charge in [0, 0.05) is 31.5 Å². The van der Waals surface area contributed by atoms with E-state index in [2.05, 4.69) is 27.1 Å². The number of nitrogens with zero attached hydrogens (tertiary/aromatic N) is 3. The van der Waals surface area contributed by atoms with E-state index in [0.717, 1.165) is 5.82 Å². The molecule has 2 heterocycles. The average Bonchev–Trinajstić information content (AvgIpc) is 2.33. The van der Waals surface area contributed by atoms with E-state index in [-0.39, 0.29) is 0 Å². The average molecular weight is 220 g/mol. The third-order valence-corrected chi connectivity index (χ3v) is 3.04. The van der Waals surface area contributed by atoms with Gasteiger partial charge in [-0.3, -0.25) is 4.98 Å². The highest BCUT2D eigenvalue weighted by Gasteiger charge is 2.18. The fraction of sp³-hybridized carbons (Fsp3) is 0.667. The summed E-state index contributed by atoms with van der Waals surface area (Å²) in [5.74, 6) is 0.899. The van der Waals surface area contributed by atoms with Crippen LogP contribution in [0.4, 0.5) is 5.82 Å². The predicted octanol–water partition coefficient (Wildman–Crippen LogP) is 1.76. The number of hydrogen-bond acceptors (Lipinski definition) is 4. The molecule has 2 rings (SSSR count). The smallest absolute Gasteiger partial charge is 0.144 e. The molecule has 16 heavy (non-hydrogen) atoms. The van der Waals surface area contributed by atoms with Gasteiger partial charge in [0.1, 0.15) is 5.82 Å². The fourth-order valence-corrected chi connectivity index (χ4v) is 2.20. The molecule has 1 aromatic rings. The van der Waals surface area contributed by atoms with Crippen LogP contribution in [0.1, 0.15) is 26.2 Å². The summed E-state index contributed by atoms with van der Waals surface area (Å²) in [5.41, 5.74) is 0. The molecular formula is C12H20N4. The van der Waals surface area contributed by atoms with Crippen LogP contribution in [0, 0.1) is 0 Å². The first-order valence-corrected chi connectivity index (χ1v) is 6.13. The molecule has 4 nitrogen and oxygen atoms in total. The van der Waals surface area contributed by atoms with E-state index in [1.54, 1.807) is 18.6 Å². The van der Waals surface area contributed by atoms with Crippen molar-refractivity contribution in [2.24, 2.45) is 0 Å². The van der Waals surface area contributed by atoms with Gasteiger partial charge in [-0.25, -0.2) is 4.98 Å². The molecule has 1 aliphatic heterocycles. The standard InChI is InChI=1S/C12H20N4/c1-2-7-16-8-3-11(4-9-16)15-12-10-13-5-6-14-12/h5-6,10-11H,2-4,7-9H2,1H3,(H,14,15). The van der Waals surface area contributed by atoms with Crippen LogP contribution in [-0.4, -0.2) is 40.5 Å². The largest absolute Gasteiger partial charge is 0.366 e. The minimum Gasteiger partial charge on any atom is -0.366 e. The molecule has 4 heteroatoms. The van der Waals surface area contributed by atoms with Gasteiger partial charge in [-0.1, -0.05) is 6.92 Å². The van der Waals surface area contributed by atoms with Crippen molar-refractivity contribution >= 4 is 5.82 Å². The highest BCUT2D eigenvalue weighted by Crippen LogP contribution is 2.14. The Kier molecular flexibility index (Phi) is 4.10. The second-order valence-electron chi connectivity index (χ2n) is 4.35. The number of nitrogens with one attached hydrogen (secondary N) is 1. The maximum Gasteiger partial charge on any atom is 0.144 e. The van der Waals surface area contributed by atoms with Crippen molar-refractivity contribution in [2.45, 2.75) is 32.2 Å². The molecule has 0 spiro atoms. The maximum atomic E-state index is 4.24. The lowest BCUT2D eigenvalue weighted by Crippen LogP contribution is -2.39. The lowest BCUT2D eigenvalue weighted by Gasteiger charge is -2.32. The van der Waals surface area contributed by atoms with Gasteiger partial charge in [-0.2, -0.15) is 0 Å². The SMILES string of the molecule is CCCN1CCC(Nc2cnccn2)CC1. The molecule has 1 aromatic heterocycles. The van der Waals surface area contributed by atoms with Crippen molar-refractivity contribution in [3.8, 4) is 0 Å². The van der Waals surface area contributed by atoms with Crippen molar-refractivity contribution in [1.82, 2.24) is 14.9 Å². The first-order valence-electron chi connectivity index (χ1n) is 6.13. The van der Waals surface area contributed by atoms with Crippen molar-refractivity contribution in [3.63, 3.8) is 0 Å². The van der Waals surface area contributed by atoms with Crippen LogP contribution in [0.5, 0.6) is 0 Å². The Balaban J connectivity index is 1.77. The number of likely N-dealkylation sites (tertiary alicyclic amines) is 1. The van der Waals surface area contributed by atoms with Crippen LogP contribution in [0.25, 0.3) is 0 Å². The second-order valence-corrected chi connectivity index (χ2v) is 4.35. The van der Waals surface area contributed by atoms with Gasteiger partial charge in [0.15, 0.2) is 0 Å². The molecule has 1 aliphatic rings. The van der Waals surface area contributed by atoms with E-state index < -0.39 is 0 Å². The Hall–Kier alpha value is -1.16. The zero-order valence-electron chi connectivity index (χ0n) is 9.89. The second kappa shape index (κ2) is 5.80. The Morgan fingerprint density at radius 3 is 2.81 bits per heavy atom. The third-order valence-electron chi connectivity index (χ3n) is 3.04. The molecule has 1 N–H and O–H groups in total. The molecular weight excluding hydrogens is 200 g/mol. The number of hydrogen-bond donors (Lipinski definition) is 1. The molecule has 0 atom stereocenters. The summed E-state index contributed by atoms with van der Waals surface area (Å²) in [6.45, 7) is 5.87. The lowest BCUT2D eigenvalue weighted by atomic mass is 10.1. The quantitative estimate of drug-likeness (QED) is 0.839. The van der Waals surface area contributed by atoms with Crippen LogP contribution >= 0.6 is 0 Å².